The van der Waals surface area contributed by atoms with E-state index in [4.69, 9.17) is 0 Å². The van der Waals surface area contributed by atoms with Crippen LogP contribution in [0.15, 0.2) is 36.7 Å². The second-order valence-corrected chi connectivity index (χ2v) is 4.64. The normalized spacial score (nSPS) is 10.9. The number of imidazole rings is 1. The zero-order valence-corrected chi connectivity index (χ0v) is 11.1. The summed E-state index contributed by atoms with van der Waals surface area (Å²) in [5, 5.41) is 0. The maximum absolute atomic E-state index is 12.3. The quantitative estimate of drug-likeness (QED) is 0.771. The van der Waals surface area contributed by atoms with Crippen molar-refractivity contribution in [3.05, 3.63) is 53.6 Å². The smallest absolute Gasteiger partial charge is 0.228 e. The molecule has 0 saturated heterocycles. The summed E-state index contributed by atoms with van der Waals surface area (Å²) in [6, 6.07) is 7.78. The van der Waals surface area contributed by atoms with Gasteiger partial charge in [-0.25, -0.2) is 4.98 Å². The number of carbonyl (C=O) groups is 1. The minimum absolute atomic E-state index is 0.0165. The Bertz CT molecular complexity index is 538. The van der Waals surface area contributed by atoms with Crippen molar-refractivity contribution in [2.75, 3.05) is 0 Å². The molecule has 0 atom stereocenters. The van der Waals surface area contributed by atoms with Crippen LogP contribution in [-0.2, 0) is 6.54 Å². The number of rotatable bonds is 4. The van der Waals surface area contributed by atoms with Gasteiger partial charge in [-0.2, -0.15) is 0 Å². The number of benzene rings is 1. The lowest BCUT2D eigenvalue weighted by Gasteiger charge is -2.07. The Balaban J connectivity index is 2.29. The highest BCUT2D eigenvalue weighted by molar-refractivity contribution is 6.06. The molecule has 1 aromatic heterocycles. The van der Waals surface area contributed by atoms with Crippen LogP contribution in [0.25, 0.3) is 0 Å². The van der Waals surface area contributed by atoms with Gasteiger partial charge in [-0.05, 0) is 18.4 Å². The molecule has 0 aliphatic heterocycles. The number of hydrogen-bond acceptors (Lipinski definition) is 2. The molecule has 0 aliphatic carbocycles. The summed E-state index contributed by atoms with van der Waals surface area (Å²) in [6.07, 6.45) is 3.49. The topological polar surface area (TPSA) is 34.9 Å². The van der Waals surface area contributed by atoms with E-state index in [2.05, 4.69) is 18.8 Å². The lowest BCUT2D eigenvalue weighted by Crippen LogP contribution is -2.10. The molecule has 0 unspecified atom stereocenters. The standard InChI is InChI=1S/C15H18N2O/c1-4-17-10-9-16-15(17)14(18)13-7-5-12(6-8-13)11(2)3/h5-11H,4H2,1-3H3. The lowest BCUT2D eigenvalue weighted by atomic mass is 10.0. The number of carbonyl (C=O) groups excluding carboxylic acids is 1. The molecule has 0 saturated carbocycles. The molecule has 3 heteroatoms. The number of hydrogen-bond donors (Lipinski definition) is 0. The molecule has 0 bridgehead atoms. The average molecular weight is 242 g/mol. The van der Waals surface area contributed by atoms with Crippen LogP contribution in [0.5, 0.6) is 0 Å². The highest BCUT2D eigenvalue weighted by Crippen LogP contribution is 2.16. The minimum atomic E-state index is -0.0165. The summed E-state index contributed by atoms with van der Waals surface area (Å²) in [5.74, 6) is 0.971. The third-order valence-corrected chi connectivity index (χ3v) is 3.10. The third-order valence-electron chi connectivity index (χ3n) is 3.10. The van der Waals surface area contributed by atoms with Gasteiger partial charge in [-0.3, -0.25) is 4.79 Å². The van der Waals surface area contributed by atoms with Crippen LogP contribution in [0.4, 0.5) is 0 Å². The Labute approximate surface area is 107 Å². The van der Waals surface area contributed by atoms with Gasteiger partial charge in [0.2, 0.25) is 5.78 Å². The second kappa shape index (κ2) is 5.17. The maximum atomic E-state index is 12.3. The fourth-order valence-corrected chi connectivity index (χ4v) is 1.92. The van der Waals surface area contributed by atoms with E-state index in [-0.39, 0.29) is 5.78 Å². The molecule has 1 aromatic carbocycles. The van der Waals surface area contributed by atoms with Crippen molar-refractivity contribution in [2.24, 2.45) is 0 Å². The molecule has 18 heavy (non-hydrogen) atoms. The number of ketones is 1. The molecule has 1 heterocycles. The molecule has 0 radical (unpaired) electrons. The first-order valence-corrected chi connectivity index (χ1v) is 6.29. The molecule has 3 nitrogen and oxygen atoms in total. The summed E-state index contributed by atoms with van der Waals surface area (Å²) in [6.45, 7) is 7.03. The van der Waals surface area contributed by atoms with E-state index < -0.39 is 0 Å². The number of aromatic nitrogens is 2. The number of nitrogens with zero attached hydrogens (tertiary/aromatic N) is 2. The molecule has 0 N–H and O–H groups in total. The van der Waals surface area contributed by atoms with Crippen LogP contribution in [0, 0.1) is 0 Å². The van der Waals surface area contributed by atoms with Crippen molar-refractivity contribution in [2.45, 2.75) is 33.2 Å². The molecule has 2 rings (SSSR count). The Hall–Kier alpha value is -1.90. The highest BCUT2D eigenvalue weighted by Gasteiger charge is 2.14. The summed E-state index contributed by atoms with van der Waals surface area (Å²) in [4.78, 5) is 16.4. The van der Waals surface area contributed by atoms with Crippen LogP contribution in [-0.4, -0.2) is 15.3 Å². The van der Waals surface area contributed by atoms with Crippen LogP contribution in [0.1, 0.15) is 48.4 Å². The monoisotopic (exact) mass is 242 g/mol. The fraction of sp³-hybridized carbons (Fsp3) is 0.333. The van der Waals surface area contributed by atoms with Crippen molar-refractivity contribution in [1.82, 2.24) is 9.55 Å². The predicted molar refractivity (Wildman–Crippen MR) is 71.9 cm³/mol. The first-order chi connectivity index (χ1) is 8.63. The molecule has 0 spiro atoms. The van der Waals surface area contributed by atoms with Crippen molar-refractivity contribution in [1.29, 1.82) is 0 Å². The zero-order valence-electron chi connectivity index (χ0n) is 11.1. The Morgan fingerprint density at radius 3 is 2.50 bits per heavy atom. The number of aryl methyl sites for hydroxylation is 1. The van der Waals surface area contributed by atoms with Crippen LogP contribution in [0.3, 0.4) is 0 Å². The SMILES string of the molecule is CCn1ccnc1C(=O)c1ccc(C(C)C)cc1. The van der Waals surface area contributed by atoms with E-state index in [0.717, 1.165) is 6.54 Å². The Morgan fingerprint density at radius 2 is 1.94 bits per heavy atom. The van der Waals surface area contributed by atoms with Crippen molar-refractivity contribution in [3.63, 3.8) is 0 Å². The van der Waals surface area contributed by atoms with Crippen molar-refractivity contribution >= 4 is 5.78 Å². The molecular weight excluding hydrogens is 224 g/mol. The lowest BCUT2D eigenvalue weighted by molar-refractivity contribution is 0.102. The van der Waals surface area contributed by atoms with Gasteiger partial charge in [-0.15, -0.1) is 0 Å². The summed E-state index contributed by atoms with van der Waals surface area (Å²) in [5.41, 5.74) is 1.94. The van der Waals surface area contributed by atoms with Crippen molar-refractivity contribution in [3.8, 4) is 0 Å². The van der Waals surface area contributed by atoms with Gasteiger partial charge in [0.15, 0.2) is 5.82 Å². The zero-order chi connectivity index (χ0) is 13.1. The largest absolute Gasteiger partial charge is 0.328 e. The van der Waals surface area contributed by atoms with Crippen LogP contribution in [0.2, 0.25) is 0 Å². The van der Waals surface area contributed by atoms with E-state index in [0.29, 0.717) is 17.3 Å². The Kier molecular flexibility index (Phi) is 3.60. The summed E-state index contributed by atoms with van der Waals surface area (Å²) < 4.78 is 1.86. The van der Waals surface area contributed by atoms with Crippen LogP contribution >= 0.6 is 0 Å². The fourth-order valence-electron chi connectivity index (χ4n) is 1.92. The van der Waals surface area contributed by atoms with E-state index >= 15 is 0 Å². The van der Waals surface area contributed by atoms with E-state index in [1.165, 1.54) is 5.56 Å². The van der Waals surface area contributed by atoms with Gasteiger partial charge in [0, 0.05) is 24.5 Å². The average Bonchev–Trinajstić information content (AvgIpc) is 2.86. The predicted octanol–water partition coefficient (Wildman–Crippen LogP) is 3.26. The van der Waals surface area contributed by atoms with Crippen LogP contribution < -0.4 is 0 Å². The van der Waals surface area contributed by atoms with Gasteiger partial charge >= 0.3 is 0 Å². The van der Waals surface area contributed by atoms with Gasteiger partial charge in [-0.1, -0.05) is 38.1 Å². The molecule has 0 aliphatic rings. The summed E-state index contributed by atoms with van der Waals surface area (Å²) >= 11 is 0. The maximum Gasteiger partial charge on any atom is 0.228 e. The molecular formula is C15H18N2O. The van der Waals surface area contributed by atoms with Gasteiger partial charge < -0.3 is 4.57 Å². The van der Waals surface area contributed by atoms with Gasteiger partial charge in [0.25, 0.3) is 0 Å². The summed E-state index contributed by atoms with van der Waals surface area (Å²) in [7, 11) is 0. The Morgan fingerprint density at radius 1 is 1.28 bits per heavy atom. The van der Waals surface area contributed by atoms with E-state index in [9.17, 15) is 4.79 Å². The first kappa shape index (κ1) is 12.6. The van der Waals surface area contributed by atoms with E-state index in [1.54, 1.807) is 6.20 Å². The minimum Gasteiger partial charge on any atom is -0.328 e. The van der Waals surface area contributed by atoms with E-state index in [1.807, 2.05) is 42.0 Å². The highest BCUT2D eigenvalue weighted by atomic mass is 16.1. The third kappa shape index (κ3) is 2.35. The molecule has 0 amide bonds. The second-order valence-electron chi connectivity index (χ2n) is 4.64. The molecule has 94 valence electrons. The van der Waals surface area contributed by atoms with Gasteiger partial charge in [0.1, 0.15) is 0 Å². The first-order valence-electron chi connectivity index (χ1n) is 6.29. The molecule has 2 aromatic rings. The van der Waals surface area contributed by atoms with Gasteiger partial charge in [0.05, 0.1) is 0 Å². The van der Waals surface area contributed by atoms with Crippen molar-refractivity contribution < 1.29 is 4.79 Å². The molecule has 0 fully saturated rings.